The van der Waals surface area contributed by atoms with Crippen molar-refractivity contribution in [2.24, 2.45) is 0 Å². The summed E-state index contributed by atoms with van der Waals surface area (Å²) >= 11 is 0. The molecular weight excluding hydrogens is 208 g/mol. The third kappa shape index (κ3) is 2.66. The number of hydrogen-bond acceptors (Lipinski definition) is 4. The van der Waals surface area contributed by atoms with Gasteiger partial charge in [-0.3, -0.25) is 9.25 Å². The van der Waals surface area contributed by atoms with Gasteiger partial charge in [-0.1, -0.05) is 5.21 Å². The molecule has 0 unspecified atom stereocenters. The van der Waals surface area contributed by atoms with Crippen LogP contribution in [0.4, 0.5) is 4.79 Å². The number of carbonyl (C=O) groups excluding carboxylic acids is 1. The van der Waals surface area contributed by atoms with Crippen LogP contribution in [0.15, 0.2) is 31.1 Å². The fourth-order valence-corrected chi connectivity index (χ4v) is 1.26. The van der Waals surface area contributed by atoms with Crippen LogP contribution in [0.5, 0.6) is 0 Å². The van der Waals surface area contributed by atoms with Crippen LogP contribution in [0.25, 0.3) is 0 Å². The van der Waals surface area contributed by atoms with Crippen LogP contribution < -0.4 is 5.32 Å². The lowest BCUT2D eigenvalue weighted by Crippen LogP contribution is -2.29. The smallest absolute Gasteiger partial charge is 0.326 e. The minimum atomic E-state index is -0.170. The first-order valence-corrected chi connectivity index (χ1v) is 4.96. The minimum Gasteiger partial charge on any atom is -0.337 e. The van der Waals surface area contributed by atoms with Crippen LogP contribution in [0.2, 0.25) is 0 Å². The Bertz CT molecular complexity index is 421. The van der Waals surface area contributed by atoms with Gasteiger partial charge in [0, 0.05) is 31.7 Å². The van der Waals surface area contributed by atoms with Crippen LogP contribution in [0.3, 0.4) is 0 Å². The van der Waals surface area contributed by atoms with Crippen LogP contribution >= 0.6 is 0 Å². The van der Waals surface area contributed by atoms with Gasteiger partial charge in [-0.15, -0.1) is 5.10 Å². The van der Waals surface area contributed by atoms with E-state index in [2.05, 4.69) is 20.6 Å². The van der Waals surface area contributed by atoms with Gasteiger partial charge in [0.15, 0.2) is 0 Å². The molecule has 2 aromatic rings. The molecule has 1 amide bonds. The molecule has 7 nitrogen and oxygen atoms in total. The van der Waals surface area contributed by atoms with Crippen molar-refractivity contribution in [1.82, 2.24) is 29.9 Å². The number of carbonyl (C=O) groups is 1. The summed E-state index contributed by atoms with van der Waals surface area (Å²) in [6, 6.07) is -0.170. The van der Waals surface area contributed by atoms with Crippen LogP contribution in [-0.4, -0.2) is 37.1 Å². The molecule has 0 saturated heterocycles. The number of amides is 1. The fraction of sp³-hybridized carbons (Fsp3) is 0.333. The zero-order valence-corrected chi connectivity index (χ0v) is 8.65. The first-order chi connectivity index (χ1) is 7.86. The van der Waals surface area contributed by atoms with Crippen molar-refractivity contribution in [2.75, 3.05) is 6.54 Å². The van der Waals surface area contributed by atoms with E-state index in [0.717, 1.165) is 13.0 Å². The molecule has 0 atom stereocenters. The maximum absolute atomic E-state index is 11.4. The van der Waals surface area contributed by atoms with Gasteiger partial charge in [0.05, 0.1) is 6.20 Å². The standard InChI is InChI=1S/C9H12N6O/c16-9(14-6-3-10-8-14)11-2-1-5-15-7-4-12-13-15/h3-4,6-8H,1-2,5H2,(H,11,16). The minimum absolute atomic E-state index is 0.170. The first kappa shape index (κ1) is 10.3. The van der Waals surface area contributed by atoms with E-state index in [1.807, 2.05) is 0 Å². The molecule has 0 aliphatic carbocycles. The lowest BCUT2D eigenvalue weighted by molar-refractivity contribution is 0.242. The molecule has 2 rings (SSSR count). The molecule has 0 aliphatic heterocycles. The predicted molar refractivity (Wildman–Crippen MR) is 55.7 cm³/mol. The highest BCUT2D eigenvalue weighted by Gasteiger charge is 2.01. The SMILES string of the molecule is O=C(NCCCn1ccnn1)n1ccnc1. The monoisotopic (exact) mass is 220 g/mol. The number of nitrogens with one attached hydrogen (secondary N) is 1. The maximum Gasteiger partial charge on any atom is 0.326 e. The molecule has 0 aromatic carbocycles. The number of aromatic nitrogens is 5. The van der Waals surface area contributed by atoms with E-state index in [4.69, 9.17) is 0 Å². The van der Waals surface area contributed by atoms with Crippen LogP contribution in [0, 0.1) is 0 Å². The van der Waals surface area contributed by atoms with E-state index in [1.165, 1.54) is 10.9 Å². The number of imidazole rings is 1. The Kier molecular flexibility index (Phi) is 3.27. The zero-order valence-electron chi connectivity index (χ0n) is 8.65. The van der Waals surface area contributed by atoms with Crippen LogP contribution in [-0.2, 0) is 6.54 Å². The molecule has 0 fully saturated rings. The third-order valence-corrected chi connectivity index (χ3v) is 2.05. The van der Waals surface area contributed by atoms with Gasteiger partial charge < -0.3 is 5.32 Å². The van der Waals surface area contributed by atoms with Gasteiger partial charge in [-0.2, -0.15) is 0 Å². The topological polar surface area (TPSA) is 77.6 Å². The Morgan fingerprint density at radius 3 is 2.94 bits per heavy atom. The molecule has 0 saturated carbocycles. The average Bonchev–Trinajstić information content (AvgIpc) is 2.96. The van der Waals surface area contributed by atoms with Crippen molar-refractivity contribution >= 4 is 6.03 Å². The second-order valence-electron chi connectivity index (χ2n) is 3.22. The van der Waals surface area contributed by atoms with Crippen molar-refractivity contribution in [3.63, 3.8) is 0 Å². The normalized spacial score (nSPS) is 10.2. The summed E-state index contributed by atoms with van der Waals surface area (Å²) in [5.41, 5.74) is 0. The zero-order chi connectivity index (χ0) is 11.2. The summed E-state index contributed by atoms with van der Waals surface area (Å²) in [7, 11) is 0. The van der Waals surface area contributed by atoms with Crippen molar-refractivity contribution in [3.05, 3.63) is 31.1 Å². The average molecular weight is 220 g/mol. The summed E-state index contributed by atoms with van der Waals surface area (Å²) in [5, 5.41) is 10.3. The molecule has 0 aliphatic rings. The maximum atomic E-state index is 11.4. The molecule has 16 heavy (non-hydrogen) atoms. The van der Waals surface area contributed by atoms with Crippen molar-refractivity contribution in [1.29, 1.82) is 0 Å². The molecule has 0 bridgehead atoms. The van der Waals surface area contributed by atoms with Crippen LogP contribution in [0.1, 0.15) is 6.42 Å². The summed E-state index contributed by atoms with van der Waals surface area (Å²) in [6.07, 6.45) is 8.86. The Balaban J connectivity index is 1.67. The lowest BCUT2D eigenvalue weighted by Gasteiger charge is -2.04. The molecule has 0 spiro atoms. The van der Waals surface area contributed by atoms with Gasteiger partial charge in [0.2, 0.25) is 0 Å². The number of aryl methyl sites for hydroxylation is 1. The van der Waals surface area contributed by atoms with Crippen molar-refractivity contribution in [2.45, 2.75) is 13.0 Å². The van der Waals surface area contributed by atoms with Gasteiger partial charge in [-0.05, 0) is 6.42 Å². The lowest BCUT2D eigenvalue weighted by atomic mass is 10.4. The molecule has 2 aromatic heterocycles. The Hall–Kier alpha value is -2.18. The largest absolute Gasteiger partial charge is 0.337 e. The molecular formula is C9H12N6O. The summed E-state index contributed by atoms with van der Waals surface area (Å²) in [4.78, 5) is 15.2. The number of hydrogen-bond donors (Lipinski definition) is 1. The van der Waals surface area contributed by atoms with E-state index in [-0.39, 0.29) is 6.03 Å². The number of rotatable bonds is 4. The second kappa shape index (κ2) is 5.06. The van der Waals surface area contributed by atoms with Gasteiger partial charge in [-0.25, -0.2) is 9.78 Å². The van der Waals surface area contributed by atoms with E-state index in [0.29, 0.717) is 6.54 Å². The first-order valence-electron chi connectivity index (χ1n) is 4.96. The summed E-state index contributed by atoms with van der Waals surface area (Å²) in [5.74, 6) is 0. The third-order valence-electron chi connectivity index (χ3n) is 2.05. The van der Waals surface area contributed by atoms with Crippen molar-refractivity contribution < 1.29 is 4.79 Å². The number of nitrogens with zero attached hydrogens (tertiary/aromatic N) is 5. The highest BCUT2D eigenvalue weighted by Crippen LogP contribution is 1.88. The Labute approximate surface area is 92.1 Å². The quantitative estimate of drug-likeness (QED) is 0.742. The Morgan fingerprint density at radius 1 is 1.31 bits per heavy atom. The van der Waals surface area contributed by atoms with Crippen molar-refractivity contribution in [3.8, 4) is 0 Å². The predicted octanol–water partition coefficient (Wildman–Crippen LogP) is 0.123. The highest BCUT2D eigenvalue weighted by molar-refractivity contribution is 5.76. The van der Waals surface area contributed by atoms with E-state index < -0.39 is 0 Å². The molecule has 84 valence electrons. The van der Waals surface area contributed by atoms with Gasteiger partial charge in [0.25, 0.3) is 0 Å². The summed E-state index contributed by atoms with van der Waals surface area (Å²) < 4.78 is 3.12. The molecule has 0 radical (unpaired) electrons. The summed E-state index contributed by atoms with van der Waals surface area (Å²) in [6.45, 7) is 1.33. The van der Waals surface area contributed by atoms with E-state index in [1.54, 1.807) is 29.5 Å². The second-order valence-corrected chi connectivity index (χ2v) is 3.22. The molecule has 2 heterocycles. The molecule has 7 heteroatoms. The van der Waals surface area contributed by atoms with E-state index in [9.17, 15) is 4.79 Å². The van der Waals surface area contributed by atoms with Gasteiger partial charge in [0.1, 0.15) is 6.33 Å². The fourth-order valence-electron chi connectivity index (χ4n) is 1.26. The molecule has 1 N–H and O–H groups in total. The highest BCUT2D eigenvalue weighted by atomic mass is 16.2. The Morgan fingerprint density at radius 2 is 2.25 bits per heavy atom. The van der Waals surface area contributed by atoms with E-state index >= 15 is 0 Å². The van der Waals surface area contributed by atoms with Gasteiger partial charge >= 0.3 is 6.03 Å².